The zero-order valence-electron chi connectivity index (χ0n) is 34.6. The third-order valence-electron chi connectivity index (χ3n) is 11.5. The van der Waals surface area contributed by atoms with Crippen molar-refractivity contribution < 1.29 is 14.4 Å². The van der Waals surface area contributed by atoms with Crippen molar-refractivity contribution in [3.8, 4) is 0 Å². The Morgan fingerprint density at radius 3 is 1.45 bits per heavy atom. The molecule has 4 aromatic rings. The van der Waals surface area contributed by atoms with E-state index in [0.717, 1.165) is 38.5 Å². The predicted octanol–water partition coefficient (Wildman–Crippen LogP) is 12.1. The van der Waals surface area contributed by atoms with Gasteiger partial charge in [-0.25, -0.2) is 0 Å². The van der Waals surface area contributed by atoms with Crippen molar-refractivity contribution in [1.29, 1.82) is 0 Å². The molecule has 0 aliphatic carbocycles. The van der Waals surface area contributed by atoms with E-state index in [1.54, 1.807) is 0 Å². The maximum atomic E-state index is 13.5. The first-order chi connectivity index (χ1) is 27.0. The molecule has 0 fully saturated rings. The first-order valence-corrected chi connectivity index (χ1v) is 22.5. The van der Waals surface area contributed by atoms with E-state index in [1.165, 1.54) is 141 Å². The minimum atomic E-state index is -0.874. The van der Waals surface area contributed by atoms with Crippen LogP contribution in [0.5, 0.6) is 0 Å². The number of unbranched alkanes of at least 4 members (excludes halogenated alkanes) is 18. The molecule has 0 aliphatic heterocycles. The number of amides is 3. The van der Waals surface area contributed by atoms with Crippen LogP contribution in [0.25, 0.3) is 32.3 Å². The van der Waals surface area contributed by atoms with E-state index >= 15 is 0 Å². The van der Waals surface area contributed by atoms with E-state index in [2.05, 4.69) is 84.4 Å². The molecule has 0 bridgehead atoms. The summed E-state index contributed by atoms with van der Waals surface area (Å²) in [5.41, 5.74) is 1.27. The molecule has 55 heavy (non-hydrogen) atoms. The van der Waals surface area contributed by atoms with Crippen LogP contribution in [0.2, 0.25) is 0 Å². The number of carbonyl (C=O) groups excluding carboxylic acids is 3. The molecule has 302 valence electrons. The van der Waals surface area contributed by atoms with Crippen LogP contribution in [0.3, 0.4) is 0 Å². The van der Waals surface area contributed by atoms with Crippen molar-refractivity contribution in [1.82, 2.24) is 16.0 Å². The normalized spacial score (nSPS) is 12.1. The van der Waals surface area contributed by atoms with E-state index in [1.807, 2.05) is 0 Å². The van der Waals surface area contributed by atoms with Crippen LogP contribution >= 0.6 is 0 Å². The zero-order chi connectivity index (χ0) is 38.9. The SMILES string of the molecule is CCCCCCCCCCCCNC(=O)CCC(C(=O)NCCCCCCCCCCCC)C(=O)NCCCc1ccc2ccc3cccc4ccc1c2c34. The largest absolute Gasteiger partial charge is 0.356 e. The van der Waals surface area contributed by atoms with E-state index in [4.69, 9.17) is 0 Å². The van der Waals surface area contributed by atoms with Crippen LogP contribution < -0.4 is 16.0 Å². The molecule has 0 saturated heterocycles. The van der Waals surface area contributed by atoms with Gasteiger partial charge in [0.2, 0.25) is 17.7 Å². The van der Waals surface area contributed by atoms with Crippen molar-refractivity contribution in [2.45, 2.75) is 168 Å². The second kappa shape index (κ2) is 26.2. The van der Waals surface area contributed by atoms with Crippen LogP contribution in [0.1, 0.15) is 167 Å². The van der Waals surface area contributed by atoms with Gasteiger partial charge in [-0.15, -0.1) is 0 Å². The third-order valence-corrected chi connectivity index (χ3v) is 11.5. The average molecular weight is 752 g/mol. The van der Waals surface area contributed by atoms with Crippen molar-refractivity contribution in [3.05, 3.63) is 60.2 Å². The molecule has 4 rings (SSSR count). The highest BCUT2D eigenvalue weighted by Crippen LogP contribution is 2.36. The predicted molar refractivity (Wildman–Crippen MR) is 234 cm³/mol. The fourth-order valence-electron chi connectivity index (χ4n) is 8.16. The second-order valence-corrected chi connectivity index (χ2v) is 16.1. The molecule has 6 nitrogen and oxygen atoms in total. The van der Waals surface area contributed by atoms with E-state index in [0.29, 0.717) is 19.6 Å². The molecule has 1 unspecified atom stereocenters. The topological polar surface area (TPSA) is 87.3 Å². The van der Waals surface area contributed by atoms with Gasteiger partial charge in [-0.3, -0.25) is 14.4 Å². The average Bonchev–Trinajstić information content (AvgIpc) is 3.20. The lowest BCUT2D eigenvalue weighted by molar-refractivity contribution is -0.135. The van der Waals surface area contributed by atoms with Gasteiger partial charge < -0.3 is 16.0 Å². The van der Waals surface area contributed by atoms with Crippen molar-refractivity contribution in [2.24, 2.45) is 5.92 Å². The molecule has 1 atom stereocenters. The van der Waals surface area contributed by atoms with Crippen molar-refractivity contribution >= 4 is 50.0 Å². The summed E-state index contributed by atoms with van der Waals surface area (Å²) in [4.78, 5) is 39.7. The van der Waals surface area contributed by atoms with E-state index in [-0.39, 0.29) is 30.6 Å². The summed E-state index contributed by atoms with van der Waals surface area (Å²) in [6, 6.07) is 19.7. The molecular weight excluding hydrogens is 679 g/mol. The maximum Gasteiger partial charge on any atom is 0.232 e. The Hall–Kier alpha value is -3.67. The molecule has 0 spiro atoms. The summed E-state index contributed by atoms with van der Waals surface area (Å²) >= 11 is 0. The summed E-state index contributed by atoms with van der Waals surface area (Å²) < 4.78 is 0. The summed E-state index contributed by atoms with van der Waals surface area (Å²) in [6.45, 7) is 6.21. The summed E-state index contributed by atoms with van der Waals surface area (Å²) in [5.74, 6) is -1.49. The second-order valence-electron chi connectivity index (χ2n) is 16.1. The molecule has 0 radical (unpaired) electrons. The number of aryl methyl sites for hydroxylation is 1. The standard InChI is InChI=1S/C49H73N3O3/c1-3-5-7-9-11-13-15-17-19-21-36-50-45(53)35-34-44(48(54)51-37-22-20-18-16-14-12-10-8-6-4-2)49(55)52-38-24-27-39-28-29-42-31-30-40-25-23-26-41-32-33-43(39)47(42)46(40)41/h23,25-26,28-33,44H,3-22,24,27,34-38H2,1-2H3,(H,50,53)(H,51,54)(H,52,55). The Bertz CT molecular complexity index is 1670. The van der Waals surface area contributed by atoms with E-state index < -0.39 is 5.92 Å². The van der Waals surface area contributed by atoms with Gasteiger partial charge in [0.1, 0.15) is 5.92 Å². The van der Waals surface area contributed by atoms with Gasteiger partial charge in [-0.05, 0) is 70.0 Å². The minimum Gasteiger partial charge on any atom is -0.356 e. The molecule has 6 heteroatoms. The van der Waals surface area contributed by atoms with Gasteiger partial charge >= 0.3 is 0 Å². The lowest BCUT2D eigenvalue weighted by Gasteiger charge is -2.17. The minimum absolute atomic E-state index is 0.0785. The van der Waals surface area contributed by atoms with Gasteiger partial charge in [0, 0.05) is 26.1 Å². The molecule has 3 N–H and O–H groups in total. The highest BCUT2D eigenvalue weighted by molar-refractivity contribution is 6.23. The molecule has 0 aliphatic rings. The Morgan fingerprint density at radius 1 is 0.473 bits per heavy atom. The first kappa shape index (κ1) is 44.0. The Kier molecular flexibility index (Phi) is 21.0. The van der Waals surface area contributed by atoms with Crippen LogP contribution in [-0.2, 0) is 20.8 Å². The van der Waals surface area contributed by atoms with Gasteiger partial charge in [-0.1, -0.05) is 184 Å². The molecule has 0 saturated carbocycles. The van der Waals surface area contributed by atoms with Crippen LogP contribution in [-0.4, -0.2) is 37.4 Å². The van der Waals surface area contributed by atoms with Crippen LogP contribution in [0.4, 0.5) is 0 Å². The fourth-order valence-corrected chi connectivity index (χ4v) is 8.16. The monoisotopic (exact) mass is 752 g/mol. The number of carbonyl (C=O) groups is 3. The van der Waals surface area contributed by atoms with Crippen molar-refractivity contribution in [3.63, 3.8) is 0 Å². The summed E-state index contributed by atoms with van der Waals surface area (Å²) in [6.07, 6.45) is 26.9. The van der Waals surface area contributed by atoms with Crippen LogP contribution in [0, 0.1) is 5.92 Å². The van der Waals surface area contributed by atoms with E-state index in [9.17, 15) is 14.4 Å². The first-order valence-electron chi connectivity index (χ1n) is 22.5. The number of benzene rings is 4. The Balaban J connectivity index is 1.21. The van der Waals surface area contributed by atoms with Crippen molar-refractivity contribution in [2.75, 3.05) is 19.6 Å². The smallest absolute Gasteiger partial charge is 0.232 e. The highest BCUT2D eigenvalue weighted by atomic mass is 16.2. The number of rotatable bonds is 31. The number of hydrogen-bond acceptors (Lipinski definition) is 3. The third kappa shape index (κ3) is 15.4. The molecule has 0 heterocycles. The summed E-state index contributed by atoms with van der Waals surface area (Å²) in [7, 11) is 0. The summed E-state index contributed by atoms with van der Waals surface area (Å²) in [5, 5.41) is 16.8. The van der Waals surface area contributed by atoms with Gasteiger partial charge in [-0.2, -0.15) is 0 Å². The maximum absolute atomic E-state index is 13.5. The molecular formula is C49H73N3O3. The van der Waals surface area contributed by atoms with Gasteiger partial charge in [0.25, 0.3) is 0 Å². The Labute approximate surface area is 333 Å². The van der Waals surface area contributed by atoms with Gasteiger partial charge in [0.15, 0.2) is 0 Å². The van der Waals surface area contributed by atoms with Gasteiger partial charge in [0.05, 0.1) is 0 Å². The molecule has 4 aromatic carbocycles. The quantitative estimate of drug-likeness (QED) is 0.0272. The highest BCUT2D eigenvalue weighted by Gasteiger charge is 2.27. The lowest BCUT2D eigenvalue weighted by atomic mass is 9.91. The van der Waals surface area contributed by atoms with Crippen LogP contribution in [0.15, 0.2) is 54.6 Å². The molecule has 0 aromatic heterocycles. The number of nitrogens with one attached hydrogen (secondary N) is 3. The lowest BCUT2D eigenvalue weighted by Crippen LogP contribution is -2.42. The zero-order valence-corrected chi connectivity index (χ0v) is 34.6. The molecule has 3 amide bonds. The fraction of sp³-hybridized carbons (Fsp3) is 0.612. The Morgan fingerprint density at radius 2 is 0.909 bits per heavy atom. The number of hydrogen-bond donors (Lipinski definition) is 3.